The van der Waals surface area contributed by atoms with E-state index >= 15 is 0 Å². The second-order valence-corrected chi connectivity index (χ2v) is 6.42. The summed E-state index contributed by atoms with van der Waals surface area (Å²) >= 11 is 7.96. The molecule has 0 N–H and O–H groups in total. The molecule has 2 aromatic carbocycles. The molecular weight excluding hydrogens is 320 g/mol. The van der Waals surface area contributed by atoms with Gasteiger partial charge in [-0.15, -0.1) is 0 Å². The number of para-hydroxylation sites is 1. The molecule has 2 aromatic rings. The van der Waals surface area contributed by atoms with Gasteiger partial charge in [0.05, 0.1) is 13.2 Å². The quantitative estimate of drug-likeness (QED) is 0.725. The Morgan fingerprint density at radius 3 is 2.91 bits per heavy atom. The lowest BCUT2D eigenvalue weighted by Crippen LogP contribution is -2.13. The largest absolute Gasteiger partial charge is 0.493 e. The van der Waals surface area contributed by atoms with Crippen LogP contribution in [0.5, 0.6) is 11.5 Å². The average molecular weight is 337 g/mol. The van der Waals surface area contributed by atoms with Gasteiger partial charge in [0.2, 0.25) is 0 Å². The number of halogens is 1. The number of ether oxygens (including phenoxy) is 3. The molecule has 0 bridgehead atoms. The minimum atomic E-state index is 0.309. The van der Waals surface area contributed by atoms with Crippen molar-refractivity contribution in [2.24, 2.45) is 0 Å². The Hall–Kier alpha value is -1.36. The van der Waals surface area contributed by atoms with Crippen molar-refractivity contribution in [3.05, 3.63) is 58.6 Å². The summed E-state index contributed by atoms with van der Waals surface area (Å²) in [6, 6.07) is 13.7. The third-order valence-electron chi connectivity index (χ3n) is 3.25. The zero-order valence-electron chi connectivity index (χ0n) is 12.1. The highest BCUT2D eigenvalue weighted by Gasteiger charge is 2.16. The topological polar surface area (TPSA) is 27.7 Å². The third kappa shape index (κ3) is 4.09. The van der Waals surface area contributed by atoms with Crippen molar-refractivity contribution in [1.82, 2.24) is 0 Å². The molecule has 5 heteroatoms. The van der Waals surface area contributed by atoms with Gasteiger partial charge in [-0.05, 0) is 24.3 Å². The molecule has 1 aliphatic rings. The van der Waals surface area contributed by atoms with Crippen LogP contribution in [0.4, 0.5) is 0 Å². The first-order valence-corrected chi connectivity index (χ1v) is 8.63. The molecule has 0 unspecified atom stereocenters. The van der Waals surface area contributed by atoms with Crippen LogP contribution in [0, 0.1) is 0 Å². The molecule has 0 saturated heterocycles. The van der Waals surface area contributed by atoms with Crippen molar-refractivity contribution in [3.63, 3.8) is 0 Å². The second kappa shape index (κ2) is 7.77. The van der Waals surface area contributed by atoms with Gasteiger partial charge in [0.25, 0.3) is 0 Å². The van der Waals surface area contributed by atoms with Gasteiger partial charge in [-0.2, -0.15) is 11.8 Å². The molecule has 1 heterocycles. The fraction of sp³-hybridized carbons (Fsp3) is 0.294. The minimum Gasteiger partial charge on any atom is -0.493 e. The fourth-order valence-corrected chi connectivity index (χ4v) is 3.32. The Morgan fingerprint density at radius 2 is 2.05 bits per heavy atom. The molecule has 0 atom stereocenters. The van der Waals surface area contributed by atoms with Crippen LogP contribution in [0.3, 0.4) is 0 Å². The number of benzene rings is 2. The van der Waals surface area contributed by atoms with Gasteiger partial charge in [-0.1, -0.05) is 29.8 Å². The standard InChI is InChI=1S/C17H17ClO3S/c18-15-8-13-10-19-12-21-17(13)14(9-15)11-22-7-6-20-16-4-2-1-3-5-16/h1-5,8-9H,6-7,10-12H2. The highest BCUT2D eigenvalue weighted by atomic mass is 35.5. The first-order valence-electron chi connectivity index (χ1n) is 7.10. The van der Waals surface area contributed by atoms with E-state index in [1.54, 1.807) is 11.8 Å². The molecule has 3 rings (SSSR count). The Kier molecular flexibility index (Phi) is 5.48. The van der Waals surface area contributed by atoms with Crippen molar-refractivity contribution < 1.29 is 14.2 Å². The summed E-state index contributed by atoms with van der Waals surface area (Å²) in [4.78, 5) is 0. The molecule has 0 saturated carbocycles. The molecule has 0 aliphatic carbocycles. The van der Waals surface area contributed by atoms with Crippen LogP contribution >= 0.6 is 23.4 Å². The number of fused-ring (bicyclic) bond motifs is 1. The van der Waals surface area contributed by atoms with Crippen molar-refractivity contribution in [3.8, 4) is 11.5 Å². The molecule has 0 amide bonds. The highest BCUT2D eigenvalue weighted by molar-refractivity contribution is 7.98. The fourth-order valence-electron chi connectivity index (χ4n) is 2.28. The number of thioether (sulfide) groups is 1. The molecule has 0 aromatic heterocycles. The molecule has 0 spiro atoms. The summed E-state index contributed by atoms with van der Waals surface area (Å²) in [6.45, 7) is 1.55. The van der Waals surface area contributed by atoms with Crippen LogP contribution < -0.4 is 9.47 Å². The van der Waals surface area contributed by atoms with E-state index in [-0.39, 0.29) is 0 Å². The number of rotatable bonds is 6. The first kappa shape index (κ1) is 15.5. The van der Waals surface area contributed by atoms with E-state index in [1.165, 1.54) is 0 Å². The van der Waals surface area contributed by atoms with Crippen LogP contribution in [0.2, 0.25) is 5.02 Å². The highest BCUT2D eigenvalue weighted by Crippen LogP contribution is 2.33. The van der Waals surface area contributed by atoms with Gasteiger partial charge in [-0.3, -0.25) is 0 Å². The summed E-state index contributed by atoms with van der Waals surface area (Å²) in [5.41, 5.74) is 2.14. The Balaban J connectivity index is 1.50. The van der Waals surface area contributed by atoms with Crippen LogP contribution in [-0.4, -0.2) is 19.2 Å². The Labute approximate surface area is 139 Å². The van der Waals surface area contributed by atoms with Crippen LogP contribution in [-0.2, 0) is 17.1 Å². The smallest absolute Gasteiger partial charge is 0.189 e. The van der Waals surface area contributed by atoms with Crippen LogP contribution in [0.15, 0.2) is 42.5 Å². The van der Waals surface area contributed by atoms with Crippen molar-refractivity contribution in [2.45, 2.75) is 12.4 Å². The Bertz CT molecular complexity index is 619. The normalized spacial score (nSPS) is 13.3. The Morgan fingerprint density at radius 1 is 1.18 bits per heavy atom. The average Bonchev–Trinajstić information content (AvgIpc) is 2.55. The predicted molar refractivity (Wildman–Crippen MR) is 89.8 cm³/mol. The van der Waals surface area contributed by atoms with Gasteiger partial charge in [0.1, 0.15) is 11.5 Å². The minimum absolute atomic E-state index is 0.309. The van der Waals surface area contributed by atoms with Crippen LogP contribution in [0.1, 0.15) is 11.1 Å². The van der Waals surface area contributed by atoms with Gasteiger partial charge in [0.15, 0.2) is 6.79 Å². The lowest BCUT2D eigenvalue weighted by atomic mass is 10.1. The summed E-state index contributed by atoms with van der Waals surface area (Å²) in [7, 11) is 0. The van der Waals surface area contributed by atoms with Gasteiger partial charge >= 0.3 is 0 Å². The summed E-state index contributed by atoms with van der Waals surface area (Å²) in [5, 5.41) is 0.726. The van der Waals surface area contributed by atoms with E-state index in [1.807, 2.05) is 42.5 Å². The maximum Gasteiger partial charge on any atom is 0.189 e. The van der Waals surface area contributed by atoms with E-state index in [0.29, 0.717) is 20.0 Å². The molecule has 0 fully saturated rings. The van der Waals surface area contributed by atoms with E-state index in [2.05, 4.69) is 0 Å². The van der Waals surface area contributed by atoms with E-state index < -0.39 is 0 Å². The molecule has 0 radical (unpaired) electrons. The van der Waals surface area contributed by atoms with E-state index in [9.17, 15) is 0 Å². The predicted octanol–water partition coefficient (Wildman–Crippen LogP) is 4.52. The number of hydrogen-bond acceptors (Lipinski definition) is 4. The molecule has 1 aliphatic heterocycles. The molecule has 22 heavy (non-hydrogen) atoms. The first-order chi connectivity index (χ1) is 10.8. The monoisotopic (exact) mass is 336 g/mol. The maximum absolute atomic E-state index is 6.16. The van der Waals surface area contributed by atoms with Crippen molar-refractivity contribution in [1.29, 1.82) is 0 Å². The summed E-state index contributed by atoms with van der Waals surface area (Å²) in [5.74, 6) is 3.59. The lowest BCUT2D eigenvalue weighted by molar-refractivity contribution is -0.0168. The van der Waals surface area contributed by atoms with E-state index in [0.717, 1.165) is 39.2 Å². The second-order valence-electron chi connectivity index (χ2n) is 4.88. The maximum atomic E-state index is 6.16. The van der Waals surface area contributed by atoms with Gasteiger partial charge in [-0.25, -0.2) is 0 Å². The lowest BCUT2D eigenvalue weighted by Gasteiger charge is -2.21. The SMILES string of the molecule is Clc1cc2c(c(CSCCOc3ccccc3)c1)OCOC2. The molecule has 3 nitrogen and oxygen atoms in total. The van der Waals surface area contributed by atoms with Crippen LogP contribution in [0.25, 0.3) is 0 Å². The number of hydrogen-bond donors (Lipinski definition) is 0. The van der Waals surface area contributed by atoms with E-state index in [4.69, 9.17) is 25.8 Å². The summed E-state index contributed by atoms with van der Waals surface area (Å²) < 4.78 is 16.6. The molecule has 116 valence electrons. The van der Waals surface area contributed by atoms with Crippen molar-refractivity contribution in [2.75, 3.05) is 19.2 Å². The van der Waals surface area contributed by atoms with Gasteiger partial charge < -0.3 is 14.2 Å². The zero-order valence-corrected chi connectivity index (χ0v) is 13.7. The third-order valence-corrected chi connectivity index (χ3v) is 4.44. The summed E-state index contributed by atoms with van der Waals surface area (Å²) in [6.07, 6.45) is 0. The van der Waals surface area contributed by atoms with Crippen molar-refractivity contribution >= 4 is 23.4 Å². The zero-order chi connectivity index (χ0) is 15.2. The van der Waals surface area contributed by atoms with Gasteiger partial charge in [0, 0.05) is 27.7 Å². The molecular formula is C17H17ClO3S.